The third kappa shape index (κ3) is 2.90. The summed E-state index contributed by atoms with van der Waals surface area (Å²) in [4.78, 5) is 0. The van der Waals surface area contributed by atoms with Crippen molar-refractivity contribution in [2.45, 2.75) is 6.61 Å². The van der Waals surface area contributed by atoms with Gasteiger partial charge in [-0.05, 0) is 17.7 Å². The fourth-order valence-corrected chi connectivity index (χ4v) is 2.42. The van der Waals surface area contributed by atoms with Crippen LogP contribution in [0.2, 0.25) is 0 Å². The number of halogens is 3. The quantitative estimate of drug-likeness (QED) is 0.627. The lowest BCUT2D eigenvalue weighted by molar-refractivity contribution is 0.289. The number of hydrogen-bond donors (Lipinski definition) is 0. The monoisotopic (exact) mass is 347 g/mol. The Morgan fingerprint density at radius 2 is 1.76 bits per heavy atom. The predicted molar refractivity (Wildman–Crippen MR) is 81.2 cm³/mol. The van der Waals surface area contributed by atoms with Gasteiger partial charge in [-0.15, -0.1) is 0 Å². The van der Waals surface area contributed by atoms with Crippen molar-refractivity contribution in [1.82, 2.24) is 0 Å². The minimum absolute atomic E-state index is 0.162. The first kappa shape index (κ1) is 14.0. The molecular weight excluding hydrogens is 338 g/mol. The molecule has 21 heavy (non-hydrogen) atoms. The van der Waals surface area contributed by atoms with Gasteiger partial charge in [0.05, 0.1) is 6.07 Å². The highest BCUT2D eigenvalue weighted by Gasteiger charge is 2.14. The van der Waals surface area contributed by atoms with Crippen molar-refractivity contribution in [1.29, 1.82) is 0 Å². The van der Waals surface area contributed by atoms with E-state index in [-0.39, 0.29) is 23.1 Å². The standard InChI is InChI=1S/C17H10BrF2O/c18-12-6-7-13-14(8-12)15(19)9-16(17(13)20)21-10-11-4-2-1-3-5-11/h1-8H,10H2. The number of hydrogen-bond acceptors (Lipinski definition) is 1. The SMILES string of the molecule is Fc1[c]c(OCc2ccccc2)c(F)c2ccc(Br)cc12. The van der Waals surface area contributed by atoms with Gasteiger partial charge in [0.1, 0.15) is 12.4 Å². The van der Waals surface area contributed by atoms with Crippen LogP contribution in [0.5, 0.6) is 5.75 Å². The minimum Gasteiger partial charge on any atom is -0.485 e. The number of fused-ring (bicyclic) bond motifs is 1. The average Bonchev–Trinajstić information content (AvgIpc) is 2.50. The molecule has 105 valence electrons. The van der Waals surface area contributed by atoms with Crippen LogP contribution in [0, 0.1) is 17.7 Å². The van der Waals surface area contributed by atoms with Crippen LogP contribution >= 0.6 is 15.9 Å². The molecule has 1 nitrogen and oxygen atoms in total. The molecule has 0 saturated heterocycles. The molecule has 0 aromatic heterocycles. The van der Waals surface area contributed by atoms with Gasteiger partial charge in [-0.25, -0.2) is 8.78 Å². The van der Waals surface area contributed by atoms with Crippen molar-refractivity contribution in [2.75, 3.05) is 0 Å². The van der Waals surface area contributed by atoms with Gasteiger partial charge in [0, 0.05) is 15.2 Å². The molecular formula is C17H10BrF2O. The lowest BCUT2D eigenvalue weighted by atomic mass is 10.1. The Hall–Kier alpha value is -1.94. The summed E-state index contributed by atoms with van der Waals surface area (Å²) in [6.07, 6.45) is 0. The second-order valence-electron chi connectivity index (χ2n) is 4.55. The second-order valence-corrected chi connectivity index (χ2v) is 5.46. The van der Waals surface area contributed by atoms with Crippen LogP contribution in [0.4, 0.5) is 8.78 Å². The normalized spacial score (nSPS) is 10.8. The molecule has 0 spiro atoms. The van der Waals surface area contributed by atoms with Crippen molar-refractivity contribution >= 4 is 26.7 Å². The molecule has 0 saturated carbocycles. The van der Waals surface area contributed by atoms with Gasteiger partial charge in [0.2, 0.25) is 0 Å². The molecule has 0 N–H and O–H groups in total. The maximum absolute atomic E-state index is 14.3. The fourth-order valence-electron chi connectivity index (χ4n) is 2.06. The third-order valence-corrected chi connectivity index (χ3v) is 3.60. The Morgan fingerprint density at radius 3 is 2.52 bits per heavy atom. The molecule has 0 amide bonds. The average molecular weight is 348 g/mol. The van der Waals surface area contributed by atoms with Gasteiger partial charge in [0.25, 0.3) is 0 Å². The Kier molecular flexibility index (Phi) is 3.88. The number of rotatable bonds is 3. The molecule has 0 aliphatic heterocycles. The van der Waals surface area contributed by atoms with E-state index in [0.29, 0.717) is 4.47 Å². The summed E-state index contributed by atoms with van der Waals surface area (Å²) in [6.45, 7) is 0.162. The minimum atomic E-state index is -0.629. The molecule has 0 aliphatic carbocycles. The lowest BCUT2D eigenvalue weighted by Gasteiger charge is -2.10. The van der Waals surface area contributed by atoms with Gasteiger partial charge >= 0.3 is 0 Å². The molecule has 1 radical (unpaired) electrons. The van der Waals surface area contributed by atoms with E-state index in [1.165, 1.54) is 12.1 Å². The van der Waals surface area contributed by atoms with Gasteiger partial charge < -0.3 is 4.74 Å². The molecule has 0 atom stereocenters. The molecule has 0 bridgehead atoms. The Bertz CT molecular complexity index is 788. The summed E-state index contributed by atoms with van der Waals surface area (Å²) >= 11 is 3.24. The fraction of sp³-hybridized carbons (Fsp3) is 0.0588. The van der Waals surface area contributed by atoms with E-state index in [0.717, 1.165) is 5.56 Å². The van der Waals surface area contributed by atoms with Crippen molar-refractivity contribution < 1.29 is 13.5 Å². The molecule has 4 heteroatoms. The zero-order valence-corrected chi connectivity index (χ0v) is 12.5. The Morgan fingerprint density at radius 1 is 1.00 bits per heavy atom. The molecule has 0 unspecified atom stereocenters. The lowest BCUT2D eigenvalue weighted by Crippen LogP contribution is -1.99. The zero-order chi connectivity index (χ0) is 14.8. The number of ether oxygens (including phenoxy) is 1. The van der Waals surface area contributed by atoms with E-state index in [1.807, 2.05) is 30.3 Å². The predicted octanol–water partition coefficient (Wildman–Crippen LogP) is 5.26. The van der Waals surface area contributed by atoms with Gasteiger partial charge in [-0.2, -0.15) is 0 Å². The highest BCUT2D eigenvalue weighted by molar-refractivity contribution is 9.10. The van der Waals surface area contributed by atoms with Gasteiger partial charge in [0.15, 0.2) is 11.6 Å². The van der Waals surface area contributed by atoms with Gasteiger partial charge in [-0.1, -0.05) is 52.3 Å². The van der Waals surface area contributed by atoms with Crippen LogP contribution in [-0.2, 0) is 6.61 Å². The van der Waals surface area contributed by atoms with Crippen LogP contribution < -0.4 is 4.74 Å². The summed E-state index contributed by atoms with van der Waals surface area (Å²) in [5, 5.41) is 0.353. The van der Waals surface area contributed by atoms with Crippen LogP contribution in [0.15, 0.2) is 53.0 Å². The van der Waals surface area contributed by atoms with E-state index >= 15 is 0 Å². The molecule has 3 rings (SSSR count). The summed E-state index contributed by atoms with van der Waals surface area (Å²) in [6, 6.07) is 16.3. The van der Waals surface area contributed by atoms with E-state index in [2.05, 4.69) is 22.0 Å². The van der Waals surface area contributed by atoms with Crippen LogP contribution in [0.25, 0.3) is 10.8 Å². The first-order valence-electron chi connectivity index (χ1n) is 6.31. The summed E-state index contributed by atoms with van der Waals surface area (Å²) < 4.78 is 34.4. The first-order valence-corrected chi connectivity index (χ1v) is 7.11. The van der Waals surface area contributed by atoms with Crippen molar-refractivity contribution in [3.63, 3.8) is 0 Å². The highest BCUT2D eigenvalue weighted by atomic mass is 79.9. The maximum atomic E-state index is 14.3. The van der Waals surface area contributed by atoms with Crippen LogP contribution in [0.3, 0.4) is 0 Å². The van der Waals surface area contributed by atoms with Crippen molar-refractivity contribution in [2.24, 2.45) is 0 Å². The molecule has 3 aromatic rings. The Balaban J connectivity index is 1.96. The van der Waals surface area contributed by atoms with E-state index in [1.54, 1.807) is 6.07 Å². The summed E-state index contributed by atoms with van der Waals surface area (Å²) in [5.74, 6) is -1.43. The summed E-state index contributed by atoms with van der Waals surface area (Å²) in [7, 11) is 0. The number of benzene rings is 3. The van der Waals surface area contributed by atoms with E-state index < -0.39 is 11.6 Å². The van der Waals surface area contributed by atoms with Crippen LogP contribution in [0.1, 0.15) is 5.56 Å². The second kappa shape index (κ2) is 5.82. The first-order chi connectivity index (χ1) is 10.1. The maximum Gasteiger partial charge on any atom is 0.173 e. The van der Waals surface area contributed by atoms with Gasteiger partial charge in [-0.3, -0.25) is 0 Å². The smallest absolute Gasteiger partial charge is 0.173 e. The molecule has 0 heterocycles. The largest absolute Gasteiger partial charge is 0.485 e. The molecule has 3 aromatic carbocycles. The summed E-state index contributed by atoms with van der Waals surface area (Å²) in [5.41, 5.74) is 0.876. The van der Waals surface area contributed by atoms with E-state index in [9.17, 15) is 8.78 Å². The van der Waals surface area contributed by atoms with E-state index in [4.69, 9.17) is 4.74 Å². The zero-order valence-electron chi connectivity index (χ0n) is 10.9. The van der Waals surface area contributed by atoms with Crippen molar-refractivity contribution in [3.8, 4) is 5.75 Å². The topological polar surface area (TPSA) is 9.23 Å². The van der Waals surface area contributed by atoms with Crippen molar-refractivity contribution in [3.05, 3.63) is 76.3 Å². The third-order valence-electron chi connectivity index (χ3n) is 3.10. The molecule has 0 aliphatic rings. The van der Waals surface area contributed by atoms with Crippen LogP contribution in [-0.4, -0.2) is 0 Å². The highest BCUT2D eigenvalue weighted by Crippen LogP contribution is 2.31. The molecule has 0 fully saturated rings. The Labute approximate surface area is 129 Å².